The van der Waals surface area contributed by atoms with E-state index < -0.39 is 16.7 Å². The summed E-state index contributed by atoms with van der Waals surface area (Å²) in [5.74, 6) is -0.222. The summed E-state index contributed by atoms with van der Waals surface area (Å²) in [5, 5.41) is 13.7. The van der Waals surface area contributed by atoms with Crippen molar-refractivity contribution >= 4 is 23.2 Å². The second-order valence-electron chi connectivity index (χ2n) is 6.77. The fourth-order valence-corrected chi connectivity index (χ4v) is 2.80. The molecular weight excluding hydrogens is 428 g/mol. The number of non-ortho nitro benzene ring substituents is 1. The number of nitrogens with one attached hydrogen (secondary N) is 3. The molecule has 0 aromatic heterocycles. The highest BCUT2D eigenvalue weighted by Gasteiger charge is 2.17. The molecule has 0 aliphatic carbocycles. The molecular formula is C23H22N4O6. The van der Waals surface area contributed by atoms with Crippen molar-refractivity contribution in [1.82, 2.24) is 10.9 Å². The van der Waals surface area contributed by atoms with Crippen LogP contribution in [0.1, 0.15) is 15.9 Å². The predicted octanol–water partition coefficient (Wildman–Crippen LogP) is 3.06. The molecule has 0 aliphatic rings. The maximum Gasteiger partial charge on any atom is 0.276 e. The quantitative estimate of drug-likeness (QED) is 0.337. The van der Waals surface area contributed by atoms with Gasteiger partial charge in [-0.3, -0.25) is 30.6 Å². The highest BCUT2D eigenvalue weighted by molar-refractivity contribution is 6.01. The SMILES string of the molecule is CNc1ccc([N+](=O)[O-])cc1C(=O)NNC(=O)COc1ccc(OCc2ccccc2)cc1. The molecule has 0 saturated carbocycles. The lowest BCUT2D eigenvalue weighted by Gasteiger charge is -2.11. The van der Waals surface area contributed by atoms with E-state index in [1.54, 1.807) is 31.3 Å². The average Bonchev–Trinajstić information content (AvgIpc) is 2.85. The van der Waals surface area contributed by atoms with Crippen molar-refractivity contribution in [2.45, 2.75) is 6.61 Å². The summed E-state index contributed by atoms with van der Waals surface area (Å²) in [6, 6.07) is 20.3. The molecule has 3 aromatic rings. The van der Waals surface area contributed by atoms with Crippen molar-refractivity contribution in [2.24, 2.45) is 0 Å². The van der Waals surface area contributed by atoms with E-state index in [0.717, 1.165) is 11.6 Å². The number of carbonyl (C=O) groups is 2. The van der Waals surface area contributed by atoms with Crippen LogP contribution in [-0.2, 0) is 11.4 Å². The molecule has 0 heterocycles. The second-order valence-corrected chi connectivity index (χ2v) is 6.77. The highest BCUT2D eigenvalue weighted by atomic mass is 16.6. The minimum Gasteiger partial charge on any atom is -0.489 e. The van der Waals surface area contributed by atoms with Gasteiger partial charge in [0.1, 0.15) is 18.1 Å². The smallest absolute Gasteiger partial charge is 0.276 e. The summed E-state index contributed by atoms with van der Waals surface area (Å²) < 4.78 is 11.1. The summed E-state index contributed by atoms with van der Waals surface area (Å²) in [6.07, 6.45) is 0. The Balaban J connectivity index is 1.46. The summed E-state index contributed by atoms with van der Waals surface area (Å²) in [4.78, 5) is 34.7. The van der Waals surface area contributed by atoms with Gasteiger partial charge in [-0.15, -0.1) is 0 Å². The first-order valence-electron chi connectivity index (χ1n) is 9.91. The molecule has 0 unspecified atom stereocenters. The van der Waals surface area contributed by atoms with Crippen molar-refractivity contribution in [1.29, 1.82) is 0 Å². The summed E-state index contributed by atoms with van der Waals surface area (Å²) in [6.45, 7) is 0.0846. The van der Waals surface area contributed by atoms with Crippen LogP contribution in [0.2, 0.25) is 0 Å². The molecule has 170 valence electrons. The molecule has 0 saturated heterocycles. The largest absolute Gasteiger partial charge is 0.489 e. The van der Waals surface area contributed by atoms with Gasteiger partial charge in [-0.2, -0.15) is 0 Å². The lowest BCUT2D eigenvalue weighted by molar-refractivity contribution is -0.384. The van der Waals surface area contributed by atoms with Crippen molar-refractivity contribution in [3.8, 4) is 11.5 Å². The summed E-state index contributed by atoms with van der Waals surface area (Å²) >= 11 is 0. The van der Waals surface area contributed by atoms with Crippen LogP contribution >= 0.6 is 0 Å². The van der Waals surface area contributed by atoms with Crippen LogP contribution in [-0.4, -0.2) is 30.4 Å². The van der Waals surface area contributed by atoms with E-state index >= 15 is 0 Å². The Morgan fingerprint density at radius 2 is 1.58 bits per heavy atom. The van der Waals surface area contributed by atoms with Crippen LogP contribution < -0.4 is 25.6 Å². The van der Waals surface area contributed by atoms with E-state index in [1.807, 2.05) is 30.3 Å². The number of nitrogens with zero attached hydrogens (tertiary/aromatic N) is 1. The fourth-order valence-electron chi connectivity index (χ4n) is 2.80. The van der Waals surface area contributed by atoms with E-state index in [1.165, 1.54) is 12.1 Å². The van der Waals surface area contributed by atoms with E-state index in [9.17, 15) is 19.7 Å². The number of hydrogen-bond acceptors (Lipinski definition) is 7. The monoisotopic (exact) mass is 450 g/mol. The first-order chi connectivity index (χ1) is 16.0. The van der Waals surface area contributed by atoms with Crippen LogP contribution in [0.3, 0.4) is 0 Å². The van der Waals surface area contributed by atoms with E-state index in [4.69, 9.17) is 9.47 Å². The van der Waals surface area contributed by atoms with Crippen LogP contribution in [0, 0.1) is 10.1 Å². The average molecular weight is 450 g/mol. The summed E-state index contributed by atoms with van der Waals surface area (Å²) in [7, 11) is 1.57. The number of nitro groups is 1. The van der Waals surface area contributed by atoms with Crippen molar-refractivity contribution in [3.05, 3.63) is 94.0 Å². The van der Waals surface area contributed by atoms with E-state index in [0.29, 0.717) is 23.8 Å². The molecule has 0 bridgehead atoms. The molecule has 33 heavy (non-hydrogen) atoms. The number of hydrazine groups is 1. The Morgan fingerprint density at radius 3 is 2.21 bits per heavy atom. The molecule has 3 rings (SSSR count). The number of anilines is 1. The first kappa shape index (κ1) is 23.1. The Kier molecular flexibility index (Phi) is 7.79. The van der Waals surface area contributed by atoms with Gasteiger partial charge >= 0.3 is 0 Å². The number of ether oxygens (including phenoxy) is 2. The topological polar surface area (TPSA) is 132 Å². The van der Waals surface area contributed by atoms with Crippen LogP contribution in [0.25, 0.3) is 0 Å². The Hall–Kier alpha value is -4.60. The molecule has 10 heteroatoms. The number of rotatable bonds is 9. The minimum atomic E-state index is -0.712. The molecule has 3 N–H and O–H groups in total. The van der Waals surface area contributed by atoms with Gasteiger partial charge in [0, 0.05) is 24.9 Å². The molecule has 3 aromatic carbocycles. The zero-order valence-corrected chi connectivity index (χ0v) is 17.7. The molecule has 10 nitrogen and oxygen atoms in total. The van der Waals surface area contributed by atoms with Gasteiger partial charge in [0.2, 0.25) is 0 Å². The third-order valence-corrected chi connectivity index (χ3v) is 4.49. The number of nitro benzene ring substituents is 1. The third kappa shape index (κ3) is 6.69. The first-order valence-corrected chi connectivity index (χ1v) is 9.91. The van der Waals surface area contributed by atoms with Crippen molar-refractivity contribution in [2.75, 3.05) is 19.0 Å². The number of amides is 2. The van der Waals surface area contributed by atoms with Gasteiger partial charge in [-0.05, 0) is 35.9 Å². The maximum absolute atomic E-state index is 12.3. The molecule has 0 aliphatic heterocycles. The molecule has 0 fully saturated rings. The molecule has 0 spiro atoms. The zero-order chi connectivity index (χ0) is 23.6. The minimum absolute atomic E-state index is 0.0130. The summed E-state index contributed by atoms with van der Waals surface area (Å²) in [5.41, 5.74) is 5.62. The normalized spacial score (nSPS) is 10.1. The maximum atomic E-state index is 12.3. The van der Waals surface area contributed by atoms with Gasteiger partial charge in [-0.1, -0.05) is 30.3 Å². The van der Waals surface area contributed by atoms with Crippen molar-refractivity contribution < 1.29 is 24.0 Å². The zero-order valence-electron chi connectivity index (χ0n) is 17.7. The number of benzene rings is 3. The molecule has 0 atom stereocenters. The fraction of sp³-hybridized carbons (Fsp3) is 0.130. The lowest BCUT2D eigenvalue weighted by atomic mass is 10.1. The van der Waals surface area contributed by atoms with Crippen LogP contribution in [0.5, 0.6) is 11.5 Å². The lowest BCUT2D eigenvalue weighted by Crippen LogP contribution is -2.44. The van der Waals surface area contributed by atoms with E-state index in [-0.39, 0.29) is 17.9 Å². The van der Waals surface area contributed by atoms with Gasteiger partial charge in [0.05, 0.1) is 10.5 Å². The Morgan fingerprint density at radius 1 is 0.909 bits per heavy atom. The van der Waals surface area contributed by atoms with Crippen LogP contribution in [0.15, 0.2) is 72.8 Å². The van der Waals surface area contributed by atoms with E-state index in [2.05, 4.69) is 16.2 Å². The standard InChI is InChI=1S/C23H22N4O6/c1-24-21-12-7-17(27(30)31)13-20(21)23(29)26-25-22(28)15-33-19-10-8-18(9-11-19)32-14-16-5-3-2-4-6-16/h2-13,24H,14-15H2,1H3,(H,25,28)(H,26,29). The Labute approximate surface area is 189 Å². The Bertz CT molecular complexity index is 1120. The van der Waals surface area contributed by atoms with Gasteiger partial charge < -0.3 is 14.8 Å². The van der Waals surface area contributed by atoms with Gasteiger partial charge in [-0.25, -0.2) is 0 Å². The van der Waals surface area contributed by atoms with Crippen molar-refractivity contribution in [3.63, 3.8) is 0 Å². The molecule has 0 radical (unpaired) electrons. The van der Waals surface area contributed by atoms with Gasteiger partial charge in [0.25, 0.3) is 17.5 Å². The number of carbonyl (C=O) groups excluding carboxylic acids is 2. The highest BCUT2D eigenvalue weighted by Crippen LogP contribution is 2.22. The number of hydrogen-bond donors (Lipinski definition) is 3. The second kappa shape index (κ2) is 11.1. The van der Waals surface area contributed by atoms with Crippen LogP contribution in [0.4, 0.5) is 11.4 Å². The third-order valence-electron chi connectivity index (χ3n) is 4.49. The predicted molar refractivity (Wildman–Crippen MR) is 121 cm³/mol. The molecule has 2 amide bonds. The van der Waals surface area contributed by atoms with Gasteiger partial charge in [0.15, 0.2) is 6.61 Å².